The zero-order chi connectivity index (χ0) is 17.1. The van der Waals surface area contributed by atoms with Gasteiger partial charge in [-0.1, -0.05) is 6.92 Å². The lowest BCUT2D eigenvalue weighted by molar-refractivity contribution is -0.130. The normalized spacial score (nSPS) is 27.2. The molecule has 1 saturated carbocycles. The molecule has 24 heavy (non-hydrogen) atoms. The summed E-state index contributed by atoms with van der Waals surface area (Å²) >= 11 is 0. The predicted molar refractivity (Wildman–Crippen MR) is 90.7 cm³/mol. The molecule has 1 atom stereocenters. The number of likely N-dealkylation sites (tertiary alicyclic amines) is 1. The van der Waals surface area contributed by atoms with Crippen LogP contribution in [0, 0.1) is 11.8 Å². The maximum atomic E-state index is 12.5. The molecule has 6 nitrogen and oxygen atoms in total. The lowest BCUT2D eigenvalue weighted by Gasteiger charge is -2.33. The van der Waals surface area contributed by atoms with Gasteiger partial charge in [-0.25, -0.2) is 0 Å². The summed E-state index contributed by atoms with van der Waals surface area (Å²) in [6.45, 7) is 2.78. The van der Waals surface area contributed by atoms with Crippen molar-refractivity contribution in [2.45, 2.75) is 45.1 Å². The number of ether oxygens (including phenoxy) is 1. The van der Waals surface area contributed by atoms with Crippen LogP contribution in [0.15, 0.2) is 18.5 Å². The quantitative estimate of drug-likeness (QED) is 0.920. The number of carbonyl (C=O) groups is 2. The number of hydrogen-bond donors (Lipinski definition) is 1. The van der Waals surface area contributed by atoms with Gasteiger partial charge < -0.3 is 15.0 Å². The van der Waals surface area contributed by atoms with Gasteiger partial charge in [0.05, 0.1) is 19.2 Å². The van der Waals surface area contributed by atoms with E-state index in [0.29, 0.717) is 30.4 Å². The Bertz CT molecular complexity index is 611. The first-order valence-electron chi connectivity index (χ1n) is 8.66. The molecule has 0 bridgehead atoms. The summed E-state index contributed by atoms with van der Waals surface area (Å²) in [7, 11) is 1.55. The van der Waals surface area contributed by atoms with E-state index in [-0.39, 0.29) is 17.7 Å². The summed E-state index contributed by atoms with van der Waals surface area (Å²) in [5.74, 6) is 0.979. The van der Waals surface area contributed by atoms with Crippen molar-refractivity contribution >= 4 is 17.5 Å². The molecule has 3 rings (SSSR count). The van der Waals surface area contributed by atoms with Crippen LogP contribution < -0.4 is 10.1 Å². The third-order valence-electron chi connectivity index (χ3n) is 5.21. The molecule has 2 fully saturated rings. The van der Waals surface area contributed by atoms with Gasteiger partial charge >= 0.3 is 0 Å². The van der Waals surface area contributed by atoms with Crippen molar-refractivity contribution in [1.82, 2.24) is 9.88 Å². The van der Waals surface area contributed by atoms with Crippen molar-refractivity contribution < 1.29 is 14.3 Å². The van der Waals surface area contributed by atoms with E-state index in [9.17, 15) is 9.59 Å². The zero-order valence-corrected chi connectivity index (χ0v) is 14.3. The Labute approximate surface area is 142 Å². The first-order valence-corrected chi connectivity index (χ1v) is 8.66. The van der Waals surface area contributed by atoms with E-state index in [1.54, 1.807) is 25.6 Å². The first-order chi connectivity index (χ1) is 11.6. The first kappa shape index (κ1) is 16.7. The summed E-state index contributed by atoms with van der Waals surface area (Å²) in [5.41, 5.74) is 0.544. The lowest BCUT2D eigenvalue weighted by Crippen LogP contribution is -2.39. The number of pyridine rings is 1. The number of aromatic nitrogens is 1. The number of nitrogens with one attached hydrogen (secondary N) is 1. The Balaban J connectivity index is 1.61. The Morgan fingerprint density at radius 1 is 1.33 bits per heavy atom. The van der Waals surface area contributed by atoms with Gasteiger partial charge in [0.25, 0.3) is 0 Å². The molecule has 1 unspecified atom stereocenters. The van der Waals surface area contributed by atoms with Crippen molar-refractivity contribution in [3.05, 3.63) is 18.5 Å². The Kier molecular flexibility index (Phi) is 5.02. The second kappa shape index (κ2) is 7.20. The van der Waals surface area contributed by atoms with Gasteiger partial charge in [-0.15, -0.1) is 0 Å². The van der Waals surface area contributed by atoms with Crippen LogP contribution in [-0.2, 0) is 9.59 Å². The van der Waals surface area contributed by atoms with Gasteiger partial charge in [0.15, 0.2) is 0 Å². The van der Waals surface area contributed by atoms with Gasteiger partial charge in [0.2, 0.25) is 11.8 Å². The lowest BCUT2D eigenvalue weighted by atomic mass is 9.87. The average molecular weight is 331 g/mol. The Morgan fingerprint density at radius 3 is 2.79 bits per heavy atom. The molecular formula is C18H25N3O3. The van der Waals surface area contributed by atoms with Gasteiger partial charge in [-0.05, 0) is 31.6 Å². The minimum absolute atomic E-state index is 0.104. The molecule has 1 aliphatic heterocycles. The smallest absolute Gasteiger partial charge is 0.229 e. The molecule has 1 aromatic heterocycles. The van der Waals surface area contributed by atoms with E-state index in [0.717, 1.165) is 31.6 Å². The van der Waals surface area contributed by atoms with E-state index in [1.807, 2.05) is 4.90 Å². The van der Waals surface area contributed by atoms with Crippen LogP contribution in [0.25, 0.3) is 0 Å². The second-order valence-corrected chi connectivity index (χ2v) is 6.93. The largest absolute Gasteiger partial charge is 0.494 e. The Morgan fingerprint density at radius 2 is 2.08 bits per heavy atom. The molecule has 0 spiro atoms. The van der Waals surface area contributed by atoms with Crippen LogP contribution in [0.3, 0.4) is 0 Å². The van der Waals surface area contributed by atoms with Gasteiger partial charge in [0, 0.05) is 31.3 Å². The summed E-state index contributed by atoms with van der Waals surface area (Å²) in [6.07, 6.45) is 7.90. The van der Waals surface area contributed by atoms with Crippen molar-refractivity contribution in [3.63, 3.8) is 0 Å². The highest BCUT2D eigenvalue weighted by molar-refractivity contribution is 5.98. The van der Waals surface area contributed by atoms with E-state index in [1.165, 1.54) is 0 Å². The van der Waals surface area contributed by atoms with E-state index >= 15 is 0 Å². The molecule has 1 N–H and O–H groups in total. The third-order valence-corrected chi connectivity index (χ3v) is 5.21. The van der Waals surface area contributed by atoms with Crippen molar-refractivity contribution in [3.8, 4) is 5.75 Å². The molecule has 2 aliphatic rings. The fourth-order valence-corrected chi connectivity index (χ4v) is 3.70. The highest BCUT2D eigenvalue weighted by Crippen LogP contribution is 2.32. The molecule has 1 aromatic rings. The highest BCUT2D eigenvalue weighted by atomic mass is 16.5. The van der Waals surface area contributed by atoms with Gasteiger partial charge in [-0.3, -0.25) is 14.6 Å². The standard InChI is InChI=1S/C18H25N3O3/c1-12-3-5-14(6-4-12)21-11-13(9-17(21)22)18(23)20-15-10-19-8-7-16(15)24-2/h7-8,10,12-14H,3-6,9,11H2,1-2H3,(H,20,23). The molecule has 0 aromatic carbocycles. The predicted octanol–water partition coefficient (Wildman–Crippen LogP) is 2.46. The number of amides is 2. The monoisotopic (exact) mass is 331 g/mol. The molecule has 6 heteroatoms. The maximum Gasteiger partial charge on any atom is 0.229 e. The number of carbonyl (C=O) groups excluding carboxylic acids is 2. The van der Waals surface area contributed by atoms with Gasteiger partial charge in [-0.2, -0.15) is 0 Å². The van der Waals surface area contributed by atoms with Crippen LogP contribution in [0.4, 0.5) is 5.69 Å². The second-order valence-electron chi connectivity index (χ2n) is 6.93. The van der Waals surface area contributed by atoms with Gasteiger partial charge in [0.1, 0.15) is 11.4 Å². The summed E-state index contributed by atoms with van der Waals surface area (Å²) in [6, 6.07) is 2.00. The van der Waals surface area contributed by atoms with Crippen molar-refractivity contribution in [2.75, 3.05) is 19.0 Å². The Hall–Kier alpha value is -2.11. The van der Waals surface area contributed by atoms with Crippen LogP contribution >= 0.6 is 0 Å². The zero-order valence-electron chi connectivity index (χ0n) is 14.3. The molecule has 1 saturated heterocycles. The van der Waals surface area contributed by atoms with E-state index < -0.39 is 0 Å². The molecular weight excluding hydrogens is 306 g/mol. The number of rotatable bonds is 4. The number of nitrogens with zero attached hydrogens (tertiary/aromatic N) is 2. The third kappa shape index (κ3) is 3.52. The van der Waals surface area contributed by atoms with Crippen LogP contribution in [0.5, 0.6) is 5.75 Å². The minimum atomic E-state index is -0.304. The fraction of sp³-hybridized carbons (Fsp3) is 0.611. The van der Waals surface area contributed by atoms with Crippen molar-refractivity contribution in [2.24, 2.45) is 11.8 Å². The van der Waals surface area contributed by atoms with Crippen molar-refractivity contribution in [1.29, 1.82) is 0 Å². The van der Waals surface area contributed by atoms with Crippen LogP contribution in [0.1, 0.15) is 39.0 Å². The molecule has 2 heterocycles. The fourth-order valence-electron chi connectivity index (χ4n) is 3.70. The molecule has 130 valence electrons. The summed E-state index contributed by atoms with van der Waals surface area (Å²) in [5, 5.41) is 2.85. The van der Waals surface area contributed by atoms with Crippen LogP contribution in [-0.4, -0.2) is 41.4 Å². The highest BCUT2D eigenvalue weighted by Gasteiger charge is 2.38. The molecule has 2 amide bonds. The number of methoxy groups -OCH3 is 1. The SMILES string of the molecule is COc1ccncc1NC(=O)C1CC(=O)N(C2CCC(C)CC2)C1. The molecule has 0 radical (unpaired) electrons. The molecule has 1 aliphatic carbocycles. The number of hydrogen-bond acceptors (Lipinski definition) is 4. The summed E-state index contributed by atoms with van der Waals surface area (Å²) in [4.78, 5) is 30.8. The average Bonchev–Trinajstić information content (AvgIpc) is 2.98. The van der Waals surface area contributed by atoms with Crippen LogP contribution in [0.2, 0.25) is 0 Å². The van der Waals surface area contributed by atoms with E-state index in [4.69, 9.17) is 4.74 Å². The van der Waals surface area contributed by atoms with E-state index in [2.05, 4.69) is 17.2 Å². The minimum Gasteiger partial charge on any atom is -0.494 e. The summed E-state index contributed by atoms with van der Waals surface area (Å²) < 4.78 is 5.22. The maximum absolute atomic E-state index is 12.5. The number of anilines is 1. The topological polar surface area (TPSA) is 71.5 Å².